The number of nitrogens with zero attached hydrogens (tertiary/aromatic N) is 3. The minimum atomic E-state index is -4.23. The molecule has 1 aliphatic carbocycles. The van der Waals surface area contributed by atoms with Gasteiger partial charge in [0.1, 0.15) is 30.3 Å². The first-order chi connectivity index (χ1) is 17.6. The number of carbonyl (C=O) groups excluding carboxylic acids is 1. The third-order valence-electron chi connectivity index (χ3n) is 6.66. The van der Waals surface area contributed by atoms with Crippen LogP contribution in [0, 0.1) is 11.8 Å². The number of fused-ring (bicyclic) bond motifs is 1. The van der Waals surface area contributed by atoms with Gasteiger partial charge in [-0.25, -0.2) is 4.98 Å². The number of aliphatic hydroxyl groups is 2. The molecule has 3 N–H and O–H groups in total. The summed E-state index contributed by atoms with van der Waals surface area (Å²) >= 11 is 6.22. The van der Waals surface area contributed by atoms with E-state index < -0.39 is 57.2 Å². The highest BCUT2D eigenvalue weighted by Gasteiger charge is 2.44. The molecule has 206 valence electrons. The van der Waals surface area contributed by atoms with E-state index in [1.54, 1.807) is 24.6 Å². The van der Waals surface area contributed by atoms with Gasteiger partial charge in [0.2, 0.25) is 12.1 Å². The van der Waals surface area contributed by atoms with Crippen LogP contribution in [0.15, 0.2) is 12.3 Å². The van der Waals surface area contributed by atoms with Crippen LogP contribution in [0.5, 0.6) is 0 Å². The highest BCUT2D eigenvalue weighted by molar-refractivity contribution is 7.52. The minimum Gasteiger partial charge on any atom is -0.438 e. The van der Waals surface area contributed by atoms with Crippen molar-refractivity contribution in [3.8, 4) is 0 Å². The molecule has 2 aromatic heterocycles. The lowest BCUT2D eigenvalue weighted by Gasteiger charge is -2.18. The van der Waals surface area contributed by atoms with Gasteiger partial charge in [0.15, 0.2) is 6.23 Å². The molecule has 5 atom stereocenters. The van der Waals surface area contributed by atoms with Gasteiger partial charge >= 0.3 is 13.6 Å². The monoisotopic (exact) mass is 561 g/mol. The topological polar surface area (TPSA) is 162 Å². The molecule has 4 rings (SSSR count). The number of esters is 1. The Kier molecular flexibility index (Phi) is 9.24. The number of aliphatic hydroxyl groups excluding tert-OH is 2. The van der Waals surface area contributed by atoms with Gasteiger partial charge in [0.25, 0.3) is 0 Å². The summed E-state index contributed by atoms with van der Waals surface area (Å²) in [5.41, 5.74) is 1.32. The van der Waals surface area contributed by atoms with Crippen LogP contribution in [0.1, 0.15) is 51.5 Å². The molecule has 1 saturated carbocycles. The zero-order chi connectivity index (χ0) is 26.7. The maximum Gasteiger partial charge on any atom is 0.356 e. The van der Waals surface area contributed by atoms with E-state index in [0.29, 0.717) is 11.6 Å². The number of ether oxygens (including phenoxy) is 3. The molecule has 0 amide bonds. The summed E-state index contributed by atoms with van der Waals surface area (Å²) in [6.45, 7) is 2.25. The van der Waals surface area contributed by atoms with E-state index >= 15 is 0 Å². The fourth-order valence-corrected chi connectivity index (χ4v) is 5.48. The third kappa shape index (κ3) is 6.88. The van der Waals surface area contributed by atoms with Gasteiger partial charge in [-0.1, -0.05) is 39.5 Å². The van der Waals surface area contributed by atoms with Crippen molar-refractivity contribution in [2.24, 2.45) is 11.8 Å². The zero-order valence-corrected chi connectivity index (χ0v) is 22.4. The summed E-state index contributed by atoms with van der Waals surface area (Å²) in [4.78, 5) is 30.1. The molecule has 0 aromatic carbocycles. The number of rotatable bonds is 11. The molecule has 3 heterocycles. The average Bonchev–Trinajstić information content (AvgIpc) is 3.55. The first kappa shape index (κ1) is 28.4. The molecule has 2 aliphatic rings. The molecule has 14 heteroatoms. The highest BCUT2D eigenvalue weighted by Crippen LogP contribution is 2.42. The second kappa shape index (κ2) is 12.0. The standard InChI is InChI=1S/C23H33ClN3O9P/c1-13(2)22(30)34-11-35-37(31,32)12-33-10-17-18(28)19(29)21(36-17)27-8-7-15-16(9-14-5-3-4-6-14)25-23(24)26-20(15)27/h7-8,13-14,17-19,21,28-29H,3-6,9-12H2,1-2H3,(H,31,32)/t17-,18-,19-,21-/m1/s1. The minimum absolute atomic E-state index is 0.0890. The van der Waals surface area contributed by atoms with E-state index in [2.05, 4.69) is 9.97 Å². The number of hydrogen-bond donors (Lipinski definition) is 3. The summed E-state index contributed by atoms with van der Waals surface area (Å²) in [6.07, 6.45) is 1.86. The molecular formula is C23H33ClN3O9P. The van der Waals surface area contributed by atoms with Crippen LogP contribution >= 0.6 is 19.2 Å². The molecule has 0 radical (unpaired) electrons. The zero-order valence-electron chi connectivity index (χ0n) is 20.7. The maximum atomic E-state index is 12.1. The molecule has 2 fully saturated rings. The summed E-state index contributed by atoms with van der Waals surface area (Å²) in [5, 5.41) is 22.1. The first-order valence-corrected chi connectivity index (χ1v) is 14.4. The van der Waals surface area contributed by atoms with Crippen LogP contribution in [-0.4, -0.2) is 73.7 Å². The van der Waals surface area contributed by atoms with Crippen molar-refractivity contribution in [2.75, 3.05) is 19.7 Å². The first-order valence-electron chi connectivity index (χ1n) is 12.3. The van der Waals surface area contributed by atoms with Crippen LogP contribution < -0.4 is 0 Å². The quantitative estimate of drug-likeness (QED) is 0.160. The molecule has 37 heavy (non-hydrogen) atoms. The molecule has 12 nitrogen and oxygen atoms in total. The van der Waals surface area contributed by atoms with Gasteiger partial charge in [0.05, 0.1) is 18.2 Å². The Morgan fingerprint density at radius 3 is 2.70 bits per heavy atom. The number of aromatic nitrogens is 3. The van der Waals surface area contributed by atoms with E-state index in [0.717, 1.165) is 30.3 Å². The molecule has 1 aliphatic heterocycles. The van der Waals surface area contributed by atoms with Crippen LogP contribution in [-0.2, 0) is 34.5 Å². The van der Waals surface area contributed by atoms with E-state index in [-0.39, 0.29) is 11.9 Å². The van der Waals surface area contributed by atoms with Crippen LogP contribution in [0.4, 0.5) is 0 Å². The summed E-state index contributed by atoms with van der Waals surface area (Å²) < 4.78 is 34.2. The Balaban J connectivity index is 1.37. The molecule has 0 spiro atoms. The number of halogens is 1. The molecule has 1 saturated heterocycles. The summed E-state index contributed by atoms with van der Waals surface area (Å²) in [7, 11) is -4.23. The van der Waals surface area contributed by atoms with Crippen LogP contribution in [0.2, 0.25) is 5.28 Å². The largest absolute Gasteiger partial charge is 0.438 e. The fourth-order valence-electron chi connectivity index (χ4n) is 4.67. The van der Waals surface area contributed by atoms with Crippen molar-refractivity contribution in [1.29, 1.82) is 0 Å². The van der Waals surface area contributed by atoms with Gasteiger partial charge in [-0.15, -0.1) is 0 Å². The van der Waals surface area contributed by atoms with Crippen molar-refractivity contribution in [3.63, 3.8) is 0 Å². The molecule has 2 aromatic rings. The highest BCUT2D eigenvalue weighted by atomic mass is 35.5. The van der Waals surface area contributed by atoms with Crippen molar-refractivity contribution in [3.05, 3.63) is 23.2 Å². The Hall–Kier alpha value is -1.63. The summed E-state index contributed by atoms with van der Waals surface area (Å²) in [6, 6.07) is 1.84. The Morgan fingerprint density at radius 1 is 1.27 bits per heavy atom. The summed E-state index contributed by atoms with van der Waals surface area (Å²) in [5.74, 6) is -0.432. The maximum absolute atomic E-state index is 12.1. The van der Waals surface area contributed by atoms with Gasteiger partial charge in [-0.3, -0.25) is 13.9 Å². The van der Waals surface area contributed by atoms with Crippen molar-refractivity contribution in [2.45, 2.75) is 70.5 Å². The van der Waals surface area contributed by atoms with Crippen molar-refractivity contribution < 1.29 is 43.2 Å². The molecular weight excluding hydrogens is 529 g/mol. The smallest absolute Gasteiger partial charge is 0.356 e. The van der Waals surface area contributed by atoms with Crippen molar-refractivity contribution >= 4 is 36.2 Å². The number of carbonyl (C=O) groups is 1. The second-order valence-electron chi connectivity index (χ2n) is 9.80. The van der Waals surface area contributed by atoms with Gasteiger partial charge in [0, 0.05) is 11.6 Å². The Bertz CT molecular complexity index is 1140. The van der Waals surface area contributed by atoms with Gasteiger partial charge in [-0.2, -0.15) is 4.98 Å². The van der Waals surface area contributed by atoms with Crippen LogP contribution in [0.3, 0.4) is 0 Å². The molecule has 1 unspecified atom stereocenters. The predicted octanol–water partition coefficient (Wildman–Crippen LogP) is 2.77. The fraction of sp³-hybridized carbons (Fsp3) is 0.696. The Labute approximate surface area is 219 Å². The lowest BCUT2D eigenvalue weighted by Crippen LogP contribution is -2.34. The molecule has 0 bridgehead atoms. The second-order valence-corrected chi connectivity index (χ2v) is 11.9. The lowest BCUT2D eigenvalue weighted by molar-refractivity contribution is -0.154. The van der Waals surface area contributed by atoms with Crippen LogP contribution in [0.25, 0.3) is 11.0 Å². The van der Waals surface area contributed by atoms with Gasteiger partial charge in [-0.05, 0) is 30.0 Å². The lowest BCUT2D eigenvalue weighted by atomic mass is 10.0. The number of hydrogen-bond acceptors (Lipinski definition) is 10. The SMILES string of the molecule is CC(C)C(=O)OCOP(=O)(O)COC[C@H]1O[C@@H](n2ccc3c(CC4CCCC4)nc(Cl)nc32)[C@H](O)[C@@H]1O. The van der Waals surface area contributed by atoms with Gasteiger partial charge < -0.3 is 33.9 Å². The normalized spacial score (nSPS) is 26.2. The van der Waals surface area contributed by atoms with E-state index in [1.807, 2.05) is 6.07 Å². The Morgan fingerprint density at radius 2 is 2.00 bits per heavy atom. The average molecular weight is 562 g/mol. The van der Waals surface area contributed by atoms with E-state index in [1.165, 1.54) is 12.8 Å². The van der Waals surface area contributed by atoms with E-state index in [4.69, 9.17) is 30.3 Å². The third-order valence-corrected chi connectivity index (χ3v) is 7.84. The van der Waals surface area contributed by atoms with Crippen molar-refractivity contribution in [1.82, 2.24) is 14.5 Å². The van der Waals surface area contributed by atoms with E-state index in [9.17, 15) is 24.5 Å². The predicted molar refractivity (Wildman–Crippen MR) is 132 cm³/mol.